The van der Waals surface area contributed by atoms with E-state index in [9.17, 15) is 9.59 Å². The first-order valence-corrected chi connectivity index (χ1v) is 7.79. The van der Waals surface area contributed by atoms with Gasteiger partial charge < -0.3 is 15.2 Å². The van der Waals surface area contributed by atoms with E-state index in [1.54, 1.807) is 0 Å². The average Bonchev–Trinajstić information content (AvgIpc) is 2.60. The molecule has 0 saturated heterocycles. The van der Waals surface area contributed by atoms with Crippen LogP contribution in [0.1, 0.15) is 46.2 Å². The van der Waals surface area contributed by atoms with Gasteiger partial charge in [0.05, 0.1) is 6.61 Å². The van der Waals surface area contributed by atoms with Gasteiger partial charge in [-0.2, -0.15) is 0 Å². The smallest absolute Gasteiger partial charge is 0.354 e. The topological polar surface area (TPSA) is 88.5 Å². The predicted octanol–water partition coefficient (Wildman–Crippen LogP) is 2.89. The molecule has 0 fully saturated rings. The minimum atomic E-state index is -1.17. The lowest BCUT2D eigenvalue weighted by Crippen LogP contribution is -2.23. The van der Waals surface area contributed by atoms with E-state index in [4.69, 9.17) is 9.84 Å². The molecule has 1 aromatic heterocycles. The maximum atomic E-state index is 12.1. The number of hydrogen-bond donors (Lipinski definition) is 2. The van der Waals surface area contributed by atoms with Gasteiger partial charge in [0.2, 0.25) is 0 Å². The predicted molar refractivity (Wildman–Crippen MR) is 89.2 cm³/mol. The zero-order valence-electron chi connectivity index (χ0n) is 13.5. The number of aromatic nitrogens is 1. The molecule has 2 rings (SSSR count). The molecular formula is C18H20N2O4. The first kappa shape index (κ1) is 17.5. The number of carbonyl (C=O) groups excluding carboxylic acids is 1. The molecule has 1 aromatic carbocycles. The summed E-state index contributed by atoms with van der Waals surface area (Å²) < 4.78 is 5.63. The number of ether oxygens (including phenoxy) is 1. The van der Waals surface area contributed by atoms with Crippen LogP contribution in [-0.4, -0.2) is 28.6 Å². The van der Waals surface area contributed by atoms with E-state index in [0.29, 0.717) is 13.2 Å². The van der Waals surface area contributed by atoms with Crippen molar-refractivity contribution in [3.63, 3.8) is 0 Å². The van der Waals surface area contributed by atoms with E-state index in [2.05, 4.69) is 17.2 Å². The van der Waals surface area contributed by atoms with Gasteiger partial charge in [-0.25, -0.2) is 9.78 Å². The van der Waals surface area contributed by atoms with Crippen LogP contribution >= 0.6 is 0 Å². The van der Waals surface area contributed by atoms with Crippen molar-refractivity contribution >= 4 is 11.9 Å². The monoisotopic (exact) mass is 328 g/mol. The maximum absolute atomic E-state index is 12.1. The van der Waals surface area contributed by atoms with Crippen molar-refractivity contribution in [2.75, 3.05) is 6.61 Å². The van der Waals surface area contributed by atoms with Gasteiger partial charge in [-0.1, -0.05) is 25.5 Å². The van der Waals surface area contributed by atoms with Crippen LogP contribution in [-0.2, 0) is 6.54 Å². The molecule has 1 heterocycles. The van der Waals surface area contributed by atoms with E-state index in [1.807, 2.05) is 24.3 Å². The van der Waals surface area contributed by atoms with Crippen LogP contribution in [0, 0.1) is 0 Å². The van der Waals surface area contributed by atoms with Gasteiger partial charge in [0, 0.05) is 18.3 Å². The van der Waals surface area contributed by atoms with Crippen LogP contribution in [0.5, 0.6) is 5.75 Å². The quantitative estimate of drug-likeness (QED) is 0.727. The Bertz CT molecular complexity index is 716. The van der Waals surface area contributed by atoms with Gasteiger partial charge in [0.25, 0.3) is 5.91 Å². The molecule has 6 nitrogen and oxygen atoms in total. The Balaban J connectivity index is 1.95. The molecule has 0 atom stereocenters. The molecule has 0 aliphatic rings. The summed E-state index contributed by atoms with van der Waals surface area (Å²) in [5.41, 5.74) is 1.01. The molecule has 2 N–H and O–H groups in total. The van der Waals surface area contributed by atoms with Crippen molar-refractivity contribution in [3.05, 3.63) is 59.4 Å². The Morgan fingerprint density at radius 2 is 2.08 bits per heavy atom. The lowest BCUT2D eigenvalue weighted by Gasteiger charge is -2.09. The number of aromatic carboxylic acids is 1. The third-order valence-corrected chi connectivity index (χ3v) is 3.36. The second-order valence-electron chi connectivity index (χ2n) is 5.27. The van der Waals surface area contributed by atoms with Gasteiger partial charge in [-0.15, -0.1) is 0 Å². The van der Waals surface area contributed by atoms with Crippen LogP contribution in [0.25, 0.3) is 0 Å². The van der Waals surface area contributed by atoms with Crippen molar-refractivity contribution in [2.45, 2.75) is 26.3 Å². The summed E-state index contributed by atoms with van der Waals surface area (Å²) in [5.74, 6) is -0.744. The minimum absolute atomic E-state index is 0.158. The Hall–Kier alpha value is -2.89. The number of carboxylic acid groups (broad SMARTS) is 1. The summed E-state index contributed by atoms with van der Waals surface area (Å²) in [7, 11) is 0. The molecule has 0 aliphatic heterocycles. The summed E-state index contributed by atoms with van der Waals surface area (Å²) in [5, 5.41) is 11.7. The zero-order valence-corrected chi connectivity index (χ0v) is 13.5. The van der Waals surface area contributed by atoms with Gasteiger partial charge >= 0.3 is 5.97 Å². The van der Waals surface area contributed by atoms with Gasteiger partial charge in [0.15, 0.2) is 0 Å². The van der Waals surface area contributed by atoms with E-state index in [-0.39, 0.29) is 17.2 Å². The minimum Gasteiger partial charge on any atom is -0.494 e. The molecule has 0 bridgehead atoms. The van der Waals surface area contributed by atoms with Crippen LogP contribution in [0.2, 0.25) is 0 Å². The largest absolute Gasteiger partial charge is 0.494 e. The van der Waals surface area contributed by atoms with Crippen molar-refractivity contribution < 1.29 is 19.4 Å². The molecule has 0 saturated carbocycles. The summed E-state index contributed by atoms with van der Waals surface area (Å²) in [6, 6.07) is 10.3. The first-order chi connectivity index (χ1) is 11.6. The lowest BCUT2D eigenvalue weighted by atomic mass is 10.2. The molecule has 0 unspecified atom stereocenters. The van der Waals surface area contributed by atoms with Gasteiger partial charge in [-0.05, 0) is 36.2 Å². The fraction of sp³-hybridized carbons (Fsp3) is 0.278. The highest BCUT2D eigenvalue weighted by molar-refractivity contribution is 5.96. The van der Waals surface area contributed by atoms with Crippen LogP contribution in [0.3, 0.4) is 0 Å². The SMILES string of the molecule is CCCCOc1cccc(CNC(=O)c2ccnc(C(=O)O)c2)c1. The molecule has 126 valence electrons. The zero-order chi connectivity index (χ0) is 17.4. The summed E-state index contributed by atoms with van der Waals surface area (Å²) >= 11 is 0. The Morgan fingerprint density at radius 1 is 1.25 bits per heavy atom. The summed E-state index contributed by atoms with van der Waals surface area (Å²) in [6.07, 6.45) is 3.37. The second-order valence-corrected chi connectivity index (χ2v) is 5.27. The molecule has 2 aromatic rings. The summed E-state index contributed by atoms with van der Waals surface area (Å²) in [6.45, 7) is 3.10. The molecule has 1 amide bonds. The number of nitrogens with zero attached hydrogens (tertiary/aromatic N) is 1. The first-order valence-electron chi connectivity index (χ1n) is 7.79. The number of carboxylic acids is 1. The van der Waals surface area contributed by atoms with E-state index in [0.717, 1.165) is 24.2 Å². The molecule has 0 radical (unpaired) electrons. The third kappa shape index (κ3) is 5.08. The van der Waals surface area contributed by atoms with Crippen LogP contribution < -0.4 is 10.1 Å². The number of pyridine rings is 1. The number of hydrogen-bond acceptors (Lipinski definition) is 4. The Labute approximate surface area is 140 Å². The number of carbonyl (C=O) groups is 2. The van der Waals surface area contributed by atoms with Crippen LogP contribution in [0.15, 0.2) is 42.6 Å². The van der Waals surface area contributed by atoms with Crippen molar-refractivity contribution in [3.8, 4) is 5.75 Å². The molecule has 6 heteroatoms. The fourth-order valence-electron chi connectivity index (χ4n) is 2.05. The van der Waals surface area contributed by atoms with Crippen molar-refractivity contribution in [2.24, 2.45) is 0 Å². The number of amides is 1. The molecular weight excluding hydrogens is 308 g/mol. The highest BCUT2D eigenvalue weighted by atomic mass is 16.5. The van der Waals surface area contributed by atoms with E-state index < -0.39 is 5.97 Å². The van der Waals surface area contributed by atoms with Gasteiger partial charge in [-0.3, -0.25) is 4.79 Å². The Morgan fingerprint density at radius 3 is 2.83 bits per heavy atom. The normalized spacial score (nSPS) is 10.2. The number of benzene rings is 1. The van der Waals surface area contributed by atoms with E-state index in [1.165, 1.54) is 18.3 Å². The van der Waals surface area contributed by atoms with Crippen LogP contribution in [0.4, 0.5) is 0 Å². The lowest BCUT2D eigenvalue weighted by molar-refractivity contribution is 0.0690. The molecule has 24 heavy (non-hydrogen) atoms. The highest BCUT2D eigenvalue weighted by Crippen LogP contribution is 2.14. The highest BCUT2D eigenvalue weighted by Gasteiger charge is 2.10. The third-order valence-electron chi connectivity index (χ3n) is 3.36. The average molecular weight is 328 g/mol. The number of rotatable bonds is 8. The second kappa shape index (κ2) is 8.67. The molecule has 0 spiro atoms. The van der Waals surface area contributed by atoms with E-state index >= 15 is 0 Å². The number of unbranched alkanes of at least 4 members (excludes halogenated alkanes) is 1. The van der Waals surface area contributed by atoms with Crippen molar-refractivity contribution in [1.29, 1.82) is 0 Å². The van der Waals surface area contributed by atoms with Gasteiger partial charge in [0.1, 0.15) is 11.4 Å². The maximum Gasteiger partial charge on any atom is 0.354 e. The standard InChI is InChI=1S/C18H20N2O4/c1-2-3-9-24-15-6-4-5-13(10-15)12-20-17(21)14-7-8-19-16(11-14)18(22)23/h4-8,10-11H,2-3,9,12H2,1H3,(H,20,21)(H,22,23). The fourth-order valence-corrected chi connectivity index (χ4v) is 2.05. The molecule has 0 aliphatic carbocycles. The Kier molecular flexibility index (Phi) is 6.31. The van der Waals surface area contributed by atoms with Crippen molar-refractivity contribution in [1.82, 2.24) is 10.3 Å². The number of nitrogens with one attached hydrogen (secondary N) is 1. The summed E-state index contributed by atoms with van der Waals surface area (Å²) in [4.78, 5) is 26.7.